The molecule has 3 aliphatic carbocycles. The number of ether oxygens (including phenoxy) is 2. The van der Waals surface area contributed by atoms with Gasteiger partial charge in [-0.2, -0.15) is 8.42 Å². The summed E-state index contributed by atoms with van der Waals surface area (Å²) in [6.45, 7) is 9.84. The third kappa shape index (κ3) is 5.08. The number of hydrogen-bond donors (Lipinski definition) is 1. The van der Waals surface area contributed by atoms with Crippen molar-refractivity contribution in [2.75, 3.05) is 13.2 Å². The molecule has 0 spiro atoms. The molecule has 1 N–H and O–H groups in total. The van der Waals surface area contributed by atoms with E-state index < -0.39 is 45.7 Å². The summed E-state index contributed by atoms with van der Waals surface area (Å²) in [4.78, 5) is 26.7. The van der Waals surface area contributed by atoms with E-state index in [1.165, 1.54) is 12.1 Å². The van der Waals surface area contributed by atoms with Gasteiger partial charge in [0.25, 0.3) is 10.1 Å². The summed E-state index contributed by atoms with van der Waals surface area (Å²) in [7, 11) is -4.15. The van der Waals surface area contributed by atoms with Gasteiger partial charge >= 0.3 is 5.97 Å². The van der Waals surface area contributed by atoms with E-state index in [-0.39, 0.29) is 40.0 Å². The lowest BCUT2D eigenvalue weighted by Gasteiger charge is -2.62. The number of ketones is 1. The monoisotopic (exact) mass is 594 g/mol. The van der Waals surface area contributed by atoms with Gasteiger partial charge < -0.3 is 14.6 Å². The molecule has 1 aliphatic heterocycles. The van der Waals surface area contributed by atoms with Gasteiger partial charge in [-0.05, 0) is 67.9 Å². The van der Waals surface area contributed by atoms with Crippen LogP contribution in [-0.4, -0.2) is 62.7 Å². The molecular weight excluding hydrogens is 552 g/mol. The van der Waals surface area contributed by atoms with Gasteiger partial charge in [-0.1, -0.05) is 57.6 Å². The van der Waals surface area contributed by atoms with Crippen molar-refractivity contribution in [2.24, 2.45) is 34.0 Å². The van der Waals surface area contributed by atoms with E-state index in [0.29, 0.717) is 19.4 Å². The Balaban J connectivity index is 0.00000181. The molecular formula is C30H42O8S2. The molecule has 3 saturated carbocycles. The van der Waals surface area contributed by atoms with Gasteiger partial charge in [0, 0.05) is 23.2 Å². The predicted molar refractivity (Wildman–Crippen MR) is 153 cm³/mol. The number of aliphatic hydroxyl groups excluding tert-OH is 1. The van der Waals surface area contributed by atoms with Crippen LogP contribution < -0.4 is 0 Å². The smallest absolute Gasteiger partial charge is 0.333 e. The molecule has 1 aromatic carbocycles. The van der Waals surface area contributed by atoms with Crippen LogP contribution >= 0.6 is 12.2 Å². The Bertz CT molecular complexity index is 1230. The number of rotatable bonds is 6. The highest BCUT2D eigenvalue weighted by Crippen LogP contribution is 2.68. The zero-order valence-corrected chi connectivity index (χ0v) is 25.7. The number of carbonyl (C=O) groups is 2. The lowest BCUT2D eigenvalue weighted by atomic mass is 9.43. The van der Waals surface area contributed by atoms with Gasteiger partial charge in [0.15, 0.2) is 6.61 Å². The molecule has 5 rings (SSSR count). The maximum atomic E-state index is 13.5. The van der Waals surface area contributed by atoms with Crippen LogP contribution in [0.25, 0.3) is 0 Å². The summed E-state index contributed by atoms with van der Waals surface area (Å²) in [5.74, 6) is 1.83. The van der Waals surface area contributed by atoms with Gasteiger partial charge in [0.2, 0.25) is 0 Å². The fourth-order valence-electron chi connectivity index (χ4n) is 8.14. The van der Waals surface area contributed by atoms with Crippen molar-refractivity contribution < 1.29 is 36.8 Å². The highest BCUT2D eigenvalue weighted by Gasteiger charge is 2.70. The van der Waals surface area contributed by atoms with Gasteiger partial charge in [0.05, 0.1) is 23.7 Å². The number of benzene rings is 1. The second kappa shape index (κ2) is 11.2. The van der Waals surface area contributed by atoms with Crippen molar-refractivity contribution in [3.63, 3.8) is 0 Å². The molecule has 1 heterocycles. The third-order valence-electron chi connectivity index (χ3n) is 10.8. The summed E-state index contributed by atoms with van der Waals surface area (Å²) in [6.07, 6.45) is 1.60. The van der Waals surface area contributed by atoms with Crippen LogP contribution in [-0.2, 0) is 33.4 Å². The standard InChI is InChI=1S/C29H40O8S.CH2S/c1-17-6-8-20(9-7-17)38(33,34)36-16-24(31)37-22-14-27(4,23-15-35-23)26(32)19(3)29-12-10-18(2)28(22,5)25(29)21(30)11-13-29;1-2/h6-9,18-19,22-23,25-26,32H,10-16H2,1-5H3;1H2/t18-,19+,22-,23?,25+,26+,27-,28+,29+;/m1./s1. The average molecular weight is 595 g/mol. The Morgan fingerprint density at radius 1 is 1.18 bits per heavy atom. The molecule has 40 heavy (non-hydrogen) atoms. The Kier molecular flexibility index (Phi) is 8.72. The van der Waals surface area contributed by atoms with E-state index in [1.807, 2.05) is 13.8 Å². The molecule has 4 fully saturated rings. The van der Waals surface area contributed by atoms with Gasteiger partial charge in [-0.15, -0.1) is 0 Å². The van der Waals surface area contributed by atoms with Crippen molar-refractivity contribution >= 4 is 40.0 Å². The quantitative estimate of drug-likeness (QED) is 0.221. The number of aliphatic hydroxyl groups is 1. The van der Waals surface area contributed by atoms with Crippen molar-refractivity contribution in [1.82, 2.24) is 0 Å². The fraction of sp³-hybridized carbons (Fsp3) is 0.700. The zero-order chi connectivity index (χ0) is 29.7. The van der Waals surface area contributed by atoms with Gasteiger partial charge in [-0.25, -0.2) is 4.79 Å². The van der Waals surface area contributed by atoms with Crippen LogP contribution in [0.5, 0.6) is 0 Å². The van der Waals surface area contributed by atoms with Crippen molar-refractivity contribution in [1.29, 1.82) is 0 Å². The van der Waals surface area contributed by atoms with Gasteiger partial charge in [-0.3, -0.25) is 8.98 Å². The van der Waals surface area contributed by atoms with E-state index in [2.05, 4.69) is 38.9 Å². The maximum absolute atomic E-state index is 13.5. The maximum Gasteiger partial charge on any atom is 0.333 e. The second-order valence-corrected chi connectivity index (χ2v) is 14.3. The number of thiocarbonyl (C=S) groups is 1. The molecule has 0 amide bonds. The molecule has 0 aromatic heterocycles. The summed E-state index contributed by atoms with van der Waals surface area (Å²) < 4.78 is 42.3. The number of epoxide rings is 1. The topological polar surface area (TPSA) is 120 Å². The van der Waals surface area contributed by atoms with Crippen molar-refractivity contribution in [3.05, 3.63) is 29.8 Å². The van der Waals surface area contributed by atoms with E-state index in [4.69, 9.17) is 13.7 Å². The molecule has 222 valence electrons. The minimum absolute atomic E-state index is 0.0355. The Labute approximate surface area is 243 Å². The summed E-state index contributed by atoms with van der Waals surface area (Å²) in [5, 5.41) is 11.8. The fourth-order valence-corrected chi connectivity index (χ4v) is 9.00. The van der Waals surface area contributed by atoms with E-state index in [9.17, 15) is 23.1 Å². The lowest BCUT2D eigenvalue weighted by Crippen LogP contribution is -2.64. The molecule has 4 aliphatic rings. The summed E-state index contributed by atoms with van der Waals surface area (Å²) in [6, 6.07) is 6.19. The normalized spacial score (nSPS) is 40.6. The Morgan fingerprint density at radius 3 is 2.40 bits per heavy atom. The van der Waals surface area contributed by atoms with Crippen molar-refractivity contribution in [3.8, 4) is 0 Å². The van der Waals surface area contributed by atoms with E-state index in [1.54, 1.807) is 12.1 Å². The van der Waals surface area contributed by atoms with Crippen LogP contribution in [0.2, 0.25) is 0 Å². The minimum Gasteiger partial charge on any atom is -0.460 e. The number of carbonyl (C=O) groups excluding carboxylic acids is 2. The largest absolute Gasteiger partial charge is 0.460 e. The molecule has 10 heteroatoms. The van der Waals surface area contributed by atoms with Crippen LogP contribution in [0.1, 0.15) is 65.4 Å². The first-order chi connectivity index (χ1) is 18.8. The molecule has 8 nitrogen and oxygen atoms in total. The number of hydrogen-bond acceptors (Lipinski definition) is 9. The first-order valence-electron chi connectivity index (χ1n) is 14.0. The van der Waals surface area contributed by atoms with Crippen LogP contribution in [0.4, 0.5) is 0 Å². The summed E-state index contributed by atoms with van der Waals surface area (Å²) >= 11 is 3.83. The highest BCUT2D eigenvalue weighted by molar-refractivity contribution is 7.86. The highest BCUT2D eigenvalue weighted by atomic mass is 32.2. The first kappa shape index (κ1) is 31.2. The van der Waals surface area contributed by atoms with Crippen LogP contribution in [0, 0.1) is 40.9 Å². The first-order valence-corrected chi connectivity index (χ1v) is 16.0. The Hall–Kier alpha value is -1.72. The van der Waals surface area contributed by atoms with Crippen LogP contribution in [0.3, 0.4) is 0 Å². The van der Waals surface area contributed by atoms with E-state index >= 15 is 0 Å². The molecule has 1 saturated heterocycles. The average Bonchev–Trinajstić information content (AvgIpc) is 3.73. The number of aryl methyl sites for hydroxylation is 1. The lowest BCUT2D eigenvalue weighted by molar-refractivity contribution is -0.214. The molecule has 2 bridgehead atoms. The number of esters is 1. The Morgan fingerprint density at radius 2 is 1.80 bits per heavy atom. The molecule has 1 unspecified atom stereocenters. The molecule has 9 atom stereocenters. The van der Waals surface area contributed by atoms with Crippen molar-refractivity contribution in [2.45, 2.75) is 89.9 Å². The molecule has 1 aromatic rings. The molecule has 0 radical (unpaired) electrons. The number of Topliss-reactive ketones (excluding diaryl/α,β-unsaturated/α-hetero) is 1. The predicted octanol–water partition coefficient (Wildman–Crippen LogP) is 4.44. The minimum atomic E-state index is -4.15. The zero-order valence-electron chi connectivity index (χ0n) is 24.1. The third-order valence-corrected chi connectivity index (χ3v) is 12.1. The summed E-state index contributed by atoms with van der Waals surface area (Å²) in [5.41, 5.74) is -0.813. The second-order valence-electron chi connectivity index (χ2n) is 12.7. The van der Waals surface area contributed by atoms with E-state index in [0.717, 1.165) is 24.8 Å². The van der Waals surface area contributed by atoms with Gasteiger partial charge in [0.1, 0.15) is 11.9 Å². The van der Waals surface area contributed by atoms with Crippen LogP contribution in [0.15, 0.2) is 29.2 Å². The SMILES string of the molecule is C=S.Cc1ccc(S(=O)(=O)OCC(=O)O[C@@H]2C[C@](C)(C3CO3)[C@@H](O)[C@H](C)[C@]34CCC(=O)[C@H]3[C@@]2(C)[C@H](C)CC4)cc1.